The van der Waals surface area contributed by atoms with Gasteiger partial charge in [-0.15, -0.1) is 0 Å². The molecule has 2 aromatic rings. The number of anilines is 3. The lowest BCUT2D eigenvalue weighted by Gasteiger charge is -2.37. The fourth-order valence-corrected chi connectivity index (χ4v) is 3.86. The number of halogens is 1. The summed E-state index contributed by atoms with van der Waals surface area (Å²) in [6, 6.07) is 10.3. The summed E-state index contributed by atoms with van der Waals surface area (Å²) in [5, 5.41) is 0.793. The van der Waals surface area contributed by atoms with Crippen molar-refractivity contribution in [3.8, 4) is 0 Å². The molecule has 2 saturated heterocycles. The molecule has 0 spiro atoms. The zero-order chi connectivity index (χ0) is 17.1. The Morgan fingerprint density at radius 2 is 1.36 bits per heavy atom. The van der Waals surface area contributed by atoms with E-state index < -0.39 is 0 Å². The lowest BCUT2D eigenvalue weighted by atomic mass is 10.1. The molecule has 0 N–H and O–H groups in total. The minimum atomic E-state index is 0.793. The van der Waals surface area contributed by atoms with E-state index in [1.54, 1.807) is 6.33 Å². The van der Waals surface area contributed by atoms with Gasteiger partial charge in [-0.25, -0.2) is 9.97 Å². The smallest absolute Gasteiger partial charge is 0.134 e. The molecule has 0 unspecified atom stereocenters. The van der Waals surface area contributed by atoms with Crippen LogP contribution in [0.4, 0.5) is 17.3 Å². The quantitative estimate of drug-likeness (QED) is 0.840. The first-order chi connectivity index (χ1) is 12.3. The Balaban J connectivity index is 1.42. The van der Waals surface area contributed by atoms with Gasteiger partial charge in [0.25, 0.3) is 0 Å². The van der Waals surface area contributed by atoms with Crippen molar-refractivity contribution in [3.05, 3.63) is 41.7 Å². The number of rotatable bonds is 3. The van der Waals surface area contributed by atoms with E-state index in [-0.39, 0.29) is 0 Å². The van der Waals surface area contributed by atoms with Crippen LogP contribution in [0.1, 0.15) is 19.3 Å². The Hall–Kier alpha value is -2.01. The maximum absolute atomic E-state index is 6.12. The topological polar surface area (TPSA) is 35.5 Å². The molecule has 0 saturated carbocycles. The largest absolute Gasteiger partial charge is 0.368 e. The van der Waals surface area contributed by atoms with Crippen LogP contribution in [0.15, 0.2) is 36.7 Å². The van der Waals surface area contributed by atoms with Crippen LogP contribution in [0, 0.1) is 0 Å². The van der Waals surface area contributed by atoms with E-state index in [9.17, 15) is 0 Å². The highest BCUT2D eigenvalue weighted by Crippen LogP contribution is 2.24. The molecule has 2 fully saturated rings. The van der Waals surface area contributed by atoms with Gasteiger partial charge in [-0.05, 0) is 37.5 Å². The van der Waals surface area contributed by atoms with Crippen LogP contribution in [0.2, 0.25) is 5.02 Å². The summed E-state index contributed by atoms with van der Waals surface area (Å²) in [5.41, 5.74) is 1.20. The van der Waals surface area contributed by atoms with Crippen LogP contribution in [-0.4, -0.2) is 49.2 Å². The Morgan fingerprint density at radius 3 is 2.04 bits per heavy atom. The lowest BCUT2D eigenvalue weighted by Crippen LogP contribution is -2.47. The molecule has 132 valence electrons. The molecule has 25 heavy (non-hydrogen) atoms. The number of benzene rings is 1. The summed E-state index contributed by atoms with van der Waals surface area (Å²) in [4.78, 5) is 16.1. The average Bonchev–Trinajstić information content (AvgIpc) is 2.69. The normalized spacial score (nSPS) is 18.5. The van der Waals surface area contributed by atoms with E-state index in [2.05, 4.69) is 36.8 Å². The van der Waals surface area contributed by atoms with E-state index in [1.165, 1.54) is 24.9 Å². The van der Waals surface area contributed by atoms with Crippen LogP contribution < -0.4 is 14.7 Å². The Bertz CT molecular complexity index is 708. The third-order valence-electron chi connectivity index (χ3n) is 5.10. The molecule has 6 heteroatoms. The van der Waals surface area contributed by atoms with Crippen molar-refractivity contribution in [2.24, 2.45) is 0 Å². The molecule has 0 atom stereocenters. The maximum Gasteiger partial charge on any atom is 0.134 e. The van der Waals surface area contributed by atoms with Crippen molar-refractivity contribution < 1.29 is 0 Å². The zero-order valence-electron chi connectivity index (χ0n) is 14.4. The summed E-state index contributed by atoms with van der Waals surface area (Å²) in [6.45, 7) is 6.09. The first-order valence-corrected chi connectivity index (χ1v) is 9.50. The van der Waals surface area contributed by atoms with Gasteiger partial charge in [0.2, 0.25) is 0 Å². The van der Waals surface area contributed by atoms with Gasteiger partial charge >= 0.3 is 0 Å². The Labute approximate surface area is 154 Å². The average molecular weight is 358 g/mol. The molecule has 2 aliphatic heterocycles. The first kappa shape index (κ1) is 16.5. The summed E-state index contributed by atoms with van der Waals surface area (Å²) >= 11 is 6.12. The predicted octanol–water partition coefficient (Wildman–Crippen LogP) is 3.45. The molecule has 0 bridgehead atoms. The maximum atomic E-state index is 6.12. The summed E-state index contributed by atoms with van der Waals surface area (Å²) in [5.74, 6) is 2.11. The van der Waals surface area contributed by atoms with Crippen molar-refractivity contribution in [2.45, 2.75) is 19.3 Å². The monoisotopic (exact) mass is 357 g/mol. The number of hydrogen-bond acceptors (Lipinski definition) is 5. The minimum absolute atomic E-state index is 0.793. The number of hydrogen-bond donors (Lipinski definition) is 0. The highest BCUT2D eigenvalue weighted by molar-refractivity contribution is 6.30. The fraction of sp³-hybridized carbons (Fsp3) is 0.474. The minimum Gasteiger partial charge on any atom is -0.368 e. The van der Waals surface area contributed by atoms with Gasteiger partial charge < -0.3 is 14.7 Å². The Kier molecular flexibility index (Phi) is 4.92. The molecule has 1 aromatic heterocycles. The van der Waals surface area contributed by atoms with E-state index in [0.717, 1.165) is 55.9 Å². The lowest BCUT2D eigenvalue weighted by molar-refractivity contribution is 0.572. The molecule has 0 aliphatic carbocycles. The summed E-state index contributed by atoms with van der Waals surface area (Å²) < 4.78 is 0. The van der Waals surface area contributed by atoms with E-state index in [0.29, 0.717) is 0 Å². The summed E-state index contributed by atoms with van der Waals surface area (Å²) in [7, 11) is 0. The van der Waals surface area contributed by atoms with Crippen LogP contribution >= 0.6 is 11.6 Å². The van der Waals surface area contributed by atoms with Crippen molar-refractivity contribution in [2.75, 3.05) is 54.0 Å². The van der Waals surface area contributed by atoms with Gasteiger partial charge in [0.1, 0.15) is 18.0 Å². The second-order valence-electron chi connectivity index (χ2n) is 6.74. The number of piperazine rings is 1. The van der Waals surface area contributed by atoms with E-state index in [4.69, 9.17) is 11.6 Å². The molecule has 1 aromatic carbocycles. The van der Waals surface area contributed by atoms with Crippen LogP contribution in [0.3, 0.4) is 0 Å². The third-order valence-corrected chi connectivity index (χ3v) is 5.33. The highest BCUT2D eigenvalue weighted by atomic mass is 35.5. The first-order valence-electron chi connectivity index (χ1n) is 9.12. The fourth-order valence-electron chi connectivity index (χ4n) is 3.67. The molecule has 4 rings (SSSR count). The third kappa shape index (κ3) is 3.82. The van der Waals surface area contributed by atoms with Crippen LogP contribution in [-0.2, 0) is 0 Å². The summed E-state index contributed by atoms with van der Waals surface area (Å²) in [6.07, 6.45) is 5.57. The molecule has 0 radical (unpaired) electrons. The molecular formula is C19H24ClN5. The van der Waals surface area contributed by atoms with Crippen molar-refractivity contribution in [1.29, 1.82) is 0 Å². The van der Waals surface area contributed by atoms with Gasteiger partial charge in [0, 0.05) is 56.0 Å². The SMILES string of the molecule is Clc1cccc(N2CCN(c3cc(N4CCCCC4)ncn3)CC2)c1. The number of nitrogens with zero attached hydrogens (tertiary/aromatic N) is 5. The molecule has 0 amide bonds. The van der Waals surface area contributed by atoms with Gasteiger partial charge in [0.15, 0.2) is 0 Å². The zero-order valence-corrected chi connectivity index (χ0v) is 15.2. The second kappa shape index (κ2) is 7.48. The second-order valence-corrected chi connectivity index (χ2v) is 7.17. The van der Waals surface area contributed by atoms with Gasteiger partial charge in [0.05, 0.1) is 0 Å². The molecular weight excluding hydrogens is 334 g/mol. The molecule has 2 aliphatic rings. The number of aromatic nitrogens is 2. The van der Waals surface area contributed by atoms with Crippen LogP contribution in [0.5, 0.6) is 0 Å². The van der Waals surface area contributed by atoms with Crippen LogP contribution in [0.25, 0.3) is 0 Å². The molecule has 3 heterocycles. The van der Waals surface area contributed by atoms with Crippen molar-refractivity contribution in [3.63, 3.8) is 0 Å². The number of piperidine rings is 1. The van der Waals surface area contributed by atoms with Gasteiger partial charge in [-0.1, -0.05) is 17.7 Å². The van der Waals surface area contributed by atoms with Gasteiger partial charge in [-0.2, -0.15) is 0 Å². The van der Waals surface area contributed by atoms with E-state index >= 15 is 0 Å². The molecule has 5 nitrogen and oxygen atoms in total. The predicted molar refractivity (Wildman–Crippen MR) is 104 cm³/mol. The highest BCUT2D eigenvalue weighted by Gasteiger charge is 2.20. The van der Waals surface area contributed by atoms with Crippen molar-refractivity contribution in [1.82, 2.24) is 9.97 Å². The van der Waals surface area contributed by atoms with E-state index in [1.807, 2.05) is 18.2 Å². The Morgan fingerprint density at radius 1 is 0.720 bits per heavy atom. The van der Waals surface area contributed by atoms with Gasteiger partial charge in [-0.3, -0.25) is 0 Å². The standard InChI is InChI=1S/C19H24ClN5/c20-16-5-4-6-17(13-16)23-9-11-25(12-10-23)19-14-18(21-15-22-19)24-7-2-1-3-8-24/h4-6,13-15H,1-3,7-12H2. The van der Waals surface area contributed by atoms with Crippen molar-refractivity contribution >= 4 is 28.9 Å².